The molecule has 0 unspecified atom stereocenters. The summed E-state index contributed by atoms with van der Waals surface area (Å²) in [6, 6.07) is 26.0. The number of rotatable bonds is 7. The fourth-order valence-electron chi connectivity index (χ4n) is 4.19. The first kappa shape index (κ1) is 20.0. The van der Waals surface area contributed by atoms with Crippen LogP contribution in [0.5, 0.6) is 0 Å². The second-order valence-electron chi connectivity index (χ2n) is 7.94. The zero-order chi connectivity index (χ0) is 20.1. The molecule has 3 aromatic carbocycles. The minimum absolute atomic E-state index is 0.806. The van der Waals surface area contributed by atoms with Gasteiger partial charge >= 0.3 is 0 Å². The number of anilines is 2. The van der Waals surface area contributed by atoms with E-state index in [9.17, 15) is 0 Å². The third kappa shape index (κ3) is 5.01. The highest BCUT2D eigenvalue weighted by Gasteiger charge is 2.19. The van der Waals surface area contributed by atoms with Crippen LogP contribution in [0.15, 0.2) is 72.8 Å². The van der Waals surface area contributed by atoms with Crippen molar-refractivity contribution in [2.45, 2.75) is 25.7 Å². The number of para-hydroxylation sites is 2. The summed E-state index contributed by atoms with van der Waals surface area (Å²) < 4.78 is 0. The Kier molecular flexibility index (Phi) is 6.53. The zero-order valence-electron chi connectivity index (χ0n) is 17.2. The highest BCUT2D eigenvalue weighted by atomic mass is 35.5. The van der Waals surface area contributed by atoms with Crippen molar-refractivity contribution in [3.8, 4) is 0 Å². The summed E-state index contributed by atoms with van der Waals surface area (Å²) in [5.41, 5.74) is 7.01. The Morgan fingerprint density at radius 3 is 2.00 bits per heavy atom. The summed E-state index contributed by atoms with van der Waals surface area (Å²) in [6.45, 7) is 3.20. The Hall–Kier alpha value is -2.29. The molecule has 1 aliphatic rings. The first-order valence-electron chi connectivity index (χ1n) is 10.6. The van der Waals surface area contributed by atoms with E-state index in [1.54, 1.807) is 0 Å². The van der Waals surface area contributed by atoms with Crippen molar-refractivity contribution >= 4 is 23.0 Å². The molecule has 0 aromatic heterocycles. The van der Waals surface area contributed by atoms with E-state index in [2.05, 4.69) is 77.5 Å². The molecule has 0 spiro atoms. The first-order valence-corrected chi connectivity index (χ1v) is 10.9. The maximum Gasteiger partial charge on any atom is 0.0443 e. The van der Waals surface area contributed by atoms with Gasteiger partial charge in [-0.05, 0) is 80.2 Å². The van der Waals surface area contributed by atoms with Gasteiger partial charge in [-0.15, -0.1) is 0 Å². The van der Waals surface area contributed by atoms with Crippen molar-refractivity contribution in [1.82, 2.24) is 4.90 Å². The van der Waals surface area contributed by atoms with E-state index in [0.717, 1.165) is 50.3 Å². The van der Waals surface area contributed by atoms with Crippen LogP contribution in [0.25, 0.3) is 0 Å². The molecule has 0 radical (unpaired) electrons. The number of fused-ring (bicyclic) bond motifs is 2. The van der Waals surface area contributed by atoms with Crippen molar-refractivity contribution in [1.29, 1.82) is 0 Å². The molecule has 0 amide bonds. The summed E-state index contributed by atoms with van der Waals surface area (Å²) in [5.74, 6) is 0. The largest absolute Gasteiger partial charge is 0.341 e. The average molecular weight is 405 g/mol. The predicted molar refractivity (Wildman–Crippen MR) is 125 cm³/mol. The first-order chi connectivity index (χ1) is 14.2. The number of hydrogen-bond acceptors (Lipinski definition) is 2. The van der Waals surface area contributed by atoms with Crippen LogP contribution < -0.4 is 4.90 Å². The lowest BCUT2D eigenvalue weighted by molar-refractivity contribution is 0.335. The van der Waals surface area contributed by atoms with E-state index in [-0.39, 0.29) is 0 Å². The Labute approximate surface area is 179 Å². The lowest BCUT2D eigenvalue weighted by Gasteiger charge is -2.28. The molecule has 1 aliphatic heterocycles. The molecule has 0 aliphatic carbocycles. The van der Waals surface area contributed by atoms with E-state index in [1.165, 1.54) is 28.1 Å². The number of benzene rings is 3. The standard InChI is InChI=1S/C26H29ClN2/c1-28(20-17-21-11-15-24(27)16-12-21)18-6-19-29-25-9-4-2-7-22(25)13-14-23-8-3-5-10-26(23)29/h2-5,7-12,15-16H,6,13-14,17-20H2,1H3. The van der Waals surface area contributed by atoms with Crippen LogP contribution in [0.4, 0.5) is 11.4 Å². The number of nitrogens with zero attached hydrogens (tertiary/aromatic N) is 2. The van der Waals surface area contributed by atoms with Crippen molar-refractivity contribution in [3.05, 3.63) is 94.5 Å². The monoisotopic (exact) mass is 404 g/mol. The molecule has 0 atom stereocenters. The predicted octanol–water partition coefficient (Wildman–Crippen LogP) is 6.14. The summed E-state index contributed by atoms with van der Waals surface area (Å²) in [6.07, 6.45) is 4.43. The Bertz CT molecular complexity index is 888. The molecule has 0 N–H and O–H groups in total. The molecule has 3 heteroatoms. The number of hydrogen-bond donors (Lipinski definition) is 0. The van der Waals surface area contributed by atoms with Crippen LogP contribution in [0.3, 0.4) is 0 Å². The van der Waals surface area contributed by atoms with Gasteiger partial charge in [0.1, 0.15) is 0 Å². The molecule has 1 heterocycles. The lowest BCUT2D eigenvalue weighted by Crippen LogP contribution is -2.27. The molecule has 2 nitrogen and oxygen atoms in total. The van der Waals surface area contributed by atoms with Gasteiger partial charge in [-0.25, -0.2) is 0 Å². The van der Waals surface area contributed by atoms with Crippen LogP contribution in [-0.2, 0) is 19.3 Å². The molecular weight excluding hydrogens is 376 g/mol. The summed E-state index contributed by atoms with van der Waals surface area (Å²) in [4.78, 5) is 4.97. The fourth-order valence-corrected chi connectivity index (χ4v) is 4.32. The van der Waals surface area contributed by atoms with Crippen LogP contribution in [0.1, 0.15) is 23.1 Å². The molecule has 3 aromatic rings. The zero-order valence-corrected chi connectivity index (χ0v) is 17.9. The van der Waals surface area contributed by atoms with Gasteiger partial charge in [-0.1, -0.05) is 60.1 Å². The van der Waals surface area contributed by atoms with Crippen LogP contribution >= 0.6 is 11.6 Å². The topological polar surface area (TPSA) is 6.48 Å². The molecular formula is C26H29ClN2. The third-order valence-electron chi connectivity index (χ3n) is 5.85. The quantitative estimate of drug-likeness (QED) is 0.466. The van der Waals surface area contributed by atoms with Crippen molar-refractivity contribution in [2.24, 2.45) is 0 Å². The van der Waals surface area contributed by atoms with Crippen molar-refractivity contribution in [2.75, 3.05) is 31.6 Å². The SMILES string of the molecule is CN(CCCN1c2ccccc2CCc2ccccc21)CCc1ccc(Cl)cc1. The number of halogens is 1. The summed E-state index contributed by atoms with van der Waals surface area (Å²) in [7, 11) is 2.22. The van der Waals surface area contributed by atoms with Gasteiger partial charge in [-0.2, -0.15) is 0 Å². The van der Waals surface area contributed by atoms with Gasteiger partial charge in [0.05, 0.1) is 0 Å². The number of likely N-dealkylation sites (N-methyl/N-ethyl adjacent to an activating group) is 1. The highest BCUT2D eigenvalue weighted by molar-refractivity contribution is 6.30. The van der Waals surface area contributed by atoms with Crippen molar-refractivity contribution in [3.63, 3.8) is 0 Å². The van der Waals surface area contributed by atoms with E-state index >= 15 is 0 Å². The van der Waals surface area contributed by atoms with Gasteiger partial charge in [0.2, 0.25) is 0 Å². The molecule has 0 saturated carbocycles. The van der Waals surface area contributed by atoms with Crippen LogP contribution in [-0.4, -0.2) is 31.6 Å². The average Bonchev–Trinajstić information content (AvgIpc) is 2.91. The molecule has 150 valence electrons. The highest BCUT2D eigenvalue weighted by Crippen LogP contribution is 2.35. The van der Waals surface area contributed by atoms with E-state index in [0.29, 0.717) is 0 Å². The third-order valence-corrected chi connectivity index (χ3v) is 6.10. The molecule has 0 fully saturated rings. The normalized spacial score (nSPS) is 13.1. The Morgan fingerprint density at radius 2 is 1.38 bits per heavy atom. The van der Waals surface area contributed by atoms with Crippen LogP contribution in [0, 0.1) is 0 Å². The Balaban J connectivity index is 1.38. The smallest absolute Gasteiger partial charge is 0.0443 e. The minimum atomic E-state index is 0.806. The lowest BCUT2D eigenvalue weighted by atomic mass is 10.0. The molecule has 29 heavy (non-hydrogen) atoms. The second-order valence-corrected chi connectivity index (χ2v) is 8.38. The molecule has 0 saturated heterocycles. The van der Waals surface area contributed by atoms with E-state index < -0.39 is 0 Å². The van der Waals surface area contributed by atoms with Crippen molar-refractivity contribution < 1.29 is 0 Å². The van der Waals surface area contributed by atoms with E-state index in [1.807, 2.05) is 12.1 Å². The van der Waals surface area contributed by atoms with Gasteiger partial charge < -0.3 is 9.80 Å². The molecule has 4 rings (SSSR count). The van der Waals surface area contributed by atoms with Gasteiger partial charge in [0, 0.05) is 29.5 Å². The Morgan fingerprint density at radius 1 is 0.793 bits per heavy atom. The summed E-state index contributed by atoms with van der Waals surface area (Å²) >= 11 is 5.99. The maximum atomic E-state index is 5.99. The molecule has 0 bridgehead atoms. The van der Waals surface area contributed by atoms with Gasteiger partial charge in [0.15, 0.2) is 0 Å². The van der Waals surface area contributed by atoms with E-state index in [4.69, 9.17) is 11.6 Å². The second kappa shape index (κ2) is 9.47. The minimum Gasteiger partial charge on any atom is -0.341 e. The van der Waals surface area contributed by atoms with Gasteiger partial charge in [0.25, 0.3) is 0 Å². The number of aryl methyl sites for hydroxylation is 2. The summed E-state index contributed by atoms with van der Waals surface area (Å²) in [5, 5.41) is 0.806. The van der Waals surface area contributed by atoms with Crippen LogP contribution in [0.2, 0.25) is 5.02 Å². The maximum absolute atomic E-state index is 5.99. The fraction of sp³-hybridized carbons (Fsp3) is 0.308. The van der Waals surface area contributed by atoms with Gasteiger partial charge in [-0.3, -0.25) is 0 Å².